The summed E-state index contributed by atoms with van der Waals surface area (Å²) in [4.78, 5) is 29.2. The van der Waals surface area contributed by atoms with Crippen LogP contribution in [0.3, 0.4) is 0 Å². The molecule has 6 heteroatoms. The molecule has 2 aliphatic rings. The zero-order valence-electron chi connectivity index (χ0n) is 15.7. The van der Waals surface area contributed by atoms with Crippen molar-refractivity contribution in [3.63, 3.8) is 0 Å². The second kappa shape index (κ2) is 8.10. The molecule has 0 aliphatic carbocycles. The van der Waals surface area contributed by atoms with Gasteiger partial charge in [-0.1, -0.05) is 18.2 Å². The molecule has 1 N–H and O–H groups in total. The van der Waals surface area contributed by atoms with E-state index in [4.69, 9.17) is 0 Å². The van der Waals surface area contributed by atoms with Crippen LogP contribution < -0.4 is 10.2 Å². The summed E-state index contributed by atoms with van der Waals surface area (Å²) in [6.45, 7) is 3.30. The van der Waals surface area contributed by atoms with E-state index in [1.807, 2.05) is 24.3 Å². The van der Waals surface area contributed by atoms with E-state index in [0.29, 0.717) is 17.8 Å². The van der Waals surface area contributed by atoms with Crippen molar-refractivity contribution in [2.45, 2.75) is 31.8 Å². The van der Waals surface area contributed by atoms with E-state index >= 15 is 0 Å². The minimum Gasteiger partial charge on any atom is -0.347 e. The fourth-order valence-electron chi connectivity index (χ4n) is 4.00. The first-order valence-corrected chi connectivity index (χ1v) is 9.77. The van der Waals surface area contributed by atoms with Gasteiger partial charge in [0.1, 0.15) is 5.82 Å². The number of hydrogen-bond donors (Lipinski definition) is 1. The maximum Gasteiger partial charge on any atom is 0.251 e. The minimum absolute atomic E-state index is 0.0674. The summed E-state index contributed by atoms with van der Waals surface area (Å²) in [5.41, 5.74) is 2.33. The van der Waals surface area contributed by atoms with Gasteiger partial charge in [0.2, 0.25) is 5.91 Å². The molecule has 2 fully saturated rings. The largest absolute Gasteiger partial charge is 0.347 e. The Labute approximate surface area is 164 Å². The van der Waals surface area contributed by atoms with E-state index in [1.165, 1.54) is 25.0 Å². The monoisotopic (exact) mass is 381 g/mol. The van der Waals surface area contributed by atoms with Gasteiger partial charge >= 0.3 is 0 Å². The Morgan fingerprint density at radius 2 is 1.79 bits per heavy atom. The molecule has 1 unspecified atom stereocenters. The molecule has 1 atom stereocenters. The number of rotatable bonds is 5. The Morgan fingerprint density at radius 3 is 2.54 bits per heavy atom. The van der Waals surface area contributed by atoms with E-state index < -0.39 is 0 Å². The van der Waals surface area contributed by atoms with Crippen LogP contribution in [-0.2, 0) is 11.3 Å². The molecular weight excluding hydrogens is 357 g/mol. The standard InChI is InChI=1S/C22H24FN3O2/c23-17-7-9-19(10-8-17)26-15-18(13-21(26)27)24-22(28)20-6-2-1-5-16(20)14-25-11-3-4-12-25/h1-2,5-10,18H,3-4,11-15H2,(H,24,28). The van der Waals surface area contributed by atoms with Gasteiger partial charge in [-0.2, -0.15) is 0 Å². The summed E-state index contributed by atoms with van der Waals surface area (Å²) in [6.07, 6.45) is 2.66. The number of nitrogens with one attached hydrogen (secondary N) is 1. The van der Waals surface area contributed by atoms with Crippen molar-refractivity contribution < 1.29 is 14.0 Å². The maximum atomic E-state index is 13.1. The second-order valence-corrected chi connectivity index (χ2v) is 7.50. The molecule has 0 saturated carbocycles. The molecule has 2 aromatic carbocycles. The Hall–Kier alpha value is -2.73. The van der Waals surface area contributed by atoms with Crippen molar-refractivity contribution in [3.05, 3.63) is 65.5 Å². The van der Waals surface area contributed by atoms with Crippen LogP contribution in [0.2, 0.25) is 0 Å². The number of hydrogen-bond acceptors (Lipinski definition) is 3. The van der Waals surface area contributed by atoms with Crippen molar-refractivity contribution in [2.24, 2.45) is 0 Å². The lowest BCUT2D eigenvalue weighted by Gasteiger charge is -2.19. The van der Waals surface area contributed by atoms with Gasteiger partial charge in [-0.15, -0.1) is 0 Å². The van der Waals surface area contributed by atoms with Crippen LogP contribution in [0.1, 0.15) is 35.2 Å². The van der Waals surface area contributed by atoms with Crippen molar-refractivity contribution in [1.29, 1.82) is 0 Å². The number of anilines is 1. The third-order valence-electron chi connectivity index (χ3n) is 5.45. The number of halogens is 1. The van der Waals surface area contributed by atoms with Crippen LogP contribution in [-0.4, -0.2) is 42.4 Å². The molecule has 2 aliphatic heterocycles. The summed E-state index contributed by atoms with van der Waals surface area (Å²) >= 11 is 0. The maximum absolute atomic E-state index is 13.1. The fourth-order valence-corrected chi connectivity index (χ4v) is 4.00. The van der Waals surface area contributed by atoms with Gasteiger partial charge in [0.15, 0.2) is 0 Å². The first-order chi connectivity index (χ1) is 13.6. The van der Waals surface area contributed by atoms with Gasteiger partial charge in [-0.05, 0) is 61.8 Å². The third-order valence-corrected chi connectivity index (χ3v) is 5.45. The van der Waals surface area contributed by atoms with E-state index in [2.05, 4.69) is 10.2 Å². The lowest BCUT2D eigenvalue weighted by atomic mass is 10.1. The quantitative estimate of drug-likeness (QED) is 0.866. The summed E-state index contributed by atoms with van der Waals surface area (Å²) in [5.74, 6) is -0.550. The zero-order chi connectivity index (χ0) is 19.5. The smallest absolute Gasteiger partial charge is 0.251 e. The van der Waals surface area contributed by atoms with Crippen LogP contribution in [0.4, 0.5) is 10.1 Å². The number of likely N-dealkylation sites (tertiary alicyclic amines) is 1. The normalized spacial score (nSPS) is 20.0. The SMILES string of the molecule is O=C(NC1CC(=O)N(c2ccc(F)cc2)C1)c1ccccc1CN1CCCC1. The lowest BCUT2D eigenvalue weighted by Crippen LogP contribution is -2.37. The molecule has 0 spiro atoms. The fraction of sp³-hybridized carbons (Fsp3) is 0.364. The molecule has 28 heavy (non-hydrogen) atoms. The molecule has 0 aromatic heterocycles. The number of amides is 2. The summed E-state index contributed by atoms with van der Waals surface area (Å²) in [7, 11) is 0. The van der Waals surface area contributed by atoms with Crippen molar-refractivity contribution in [1.82, 2.24) is 10.2 Å². The lowest BCUT2D eigenvalue weighted by molar-refractivity contribution is -0.117. The molecule has 5 nitrogen and oxygen atoms in total. The van der Waals surface area contributed by atoms with Crippen LogP contribution in [0.25, 0.3) is 0 Å². The molecular formula is C22H24FN3O2. The van der Waals surface area contributed by atoms with Gasteiger partial charge in [-0.3, -0.25) is 14.5 Å². The first-order valence-electron chi connectivity index (χ1n) is 9.77. The van der Waals surface area contributed by atoms with Crippen molar-refractivity contribution in [2.75, 3.05) is 24.5 Å². The second-order valence-electron chi connectivity index (χ2n) is 7.50. The molecule has 4 rings (SSSR count). The minimum atomic E-state index is -0.338. The van der Waals surface area contributed by atoms with E-state index in [1.54, 1.807) is 17.0 Å². The van der Waals surface area contributed by atoms with Crippen LogP contribution in [0, 0.1) is 5.82 Å². The predicted molar refractivity (Wildman–Crippen MR) is 106 cm³/mol. The molecule has 0 radical (unpaired) electrons. The zero-order valence-corrected chi connectivity index (χ0v) is 15.7. The highest BCUT2D eigenvalue weighted by Crippen LogP contribution is 2.22. The van der Waals surface area contributed by atoms with Gasteiger partial charge in [0.25, 0.3) is 5.91 Å². The van der Waals surface area contributed by atoms with Gasteiger partial charge < -0.3 is 10.2 Å². The molecule has 2 saturated heterocycles. The Bertz CT molecular complexity index is 862. The summed E-state index contributed by atoms with van der Waals surface area (Å²) < 4.78 is 13.1. The van der Waals surface area contributed by atoms with E-state index in [0.717, 1.165) is 25.2 Å². The van der Waals surface area contributed by atoms with Crippen LogP contribution >= 0.6 is 0 Å². The highest BCUT2D eigenvalue weighted by Gasteiger charge is 2.32. The number of carbonyl (C=O) groups is 2. The Balaban J connectivity index is 1.43. The Kier molecular flexibility index (Phi) is 5.39. The first kappa shape index (κ1) is 18.6. The molecule has 146 valence electrons. The molecule has 2 amide bonds. The topological polar surface area (TPSA) is 52.7 Å². The van der Waals surface area contributed by atoms with E-state index in [-0.39, 0.29) is 30.1 Å². The highest BCUT2D eigenvalue weighted by atomic mass is 19.1. The van der Waals surface area contributed by atoms with Crippen molar-refractivity contribution >= 4 is 17.5 Å². The van der Waals surface area contributed by atoms with Crippen LogP contribution in [0.5, 0.6) is 0 Å². The Morgan fingerprint density at radius 1 is 1.07 bits per heavy atom. The van der Waals surface area contributed by atoms with Crippen molar-refractivity contribution in [3.8, 4) is 0 Å². The summed E-state index contributed by atoms with van der Waals surface area (Å²) in [5, 5.41) is 3.01. The van der Waals surface area contributed by atoms with Gasteiger partial charge in [0, 0.05) is 30.8 Å². The molecule has 0 bridgehead atoms. The van der Waals surface area contributed by atoms with E-state index in [9.17, 15) is 14.0 Å². The van der Waals surface area contributed by atoms with Gasteiger partial charge in [-0.25, -0.2) is 4.39 Å². The molecule has 2 aromatic rings. The average molecular weight is 381 g/mol. The predicted octanol–water partition coefficient (Wildman–Crippen LogP) is 2.96. The average Bonchev–Trinajstić information content (AvgIpc) is 3.32. The number of carbonyl (C=O) groups excluding carboxylic acids is 2. The highest BCUT2D eigenvalue weighted by molar-refractivity contribution is 5.99. The summed E-state index contributed by atoms with van der Waals surface area (Å²) in [6, 6.07) is 13.3. The van der Waals surface area contributed by atoms with Gasteiger partial charge in [0.05, 0.1) is 6.04 Å². The molecule has 2 heterocycles. The third kappa shape index (κ3) is 4.07. The number of nitrogens with zero attached hydrogens (tertiary/aromatic N) is 2. The van der Waals surface area contributed by atoms with Crippen LogP contribution in [0.15, 0.2) is 48.5 Å². The number of benzene rings is 2.